The third-order valence-electron chi connectivity index (χ3n) is 4.06. The lowest BCUT2D eigenvalue weighted by Crippen LogP contribution is -2.36. The van der Waals surface area contributed by atoms with Crippen LogP contribution >= 0.6 is 0 Å². The minimum absolute atomic E-state index is 0.282. The molecule has 1 aliphatic rings. The van der Waals surface area contributed by atoms with Crippen LogP contribution in [0, 0.1) is 13.8 Å². The van der Waals surface area contributed by atoms with E-state index in [0.717, 1.165) is 13.2 Å². The highest BCUT2D eigenvalue weighted by Gasteiger charge is 2.23. The van der Waals surface area contributed by atoms with Crippen molar-refractivity contribution in [3.63, 3.8) is 0 Å². The molecule has 0 radical (unpaired) electrons. The molecule has 1 aromatic carbocycles. The SMILES string of the molecule is Cc1ccc(C)c(C(CN)N(C)CC2CCCO2)c1. The molecule has 2 N–H and O–H groups in total. The third-order valence-corrected chi connectivity index (χ3v) is 4.06. The monoisotopic (exact) mass is 262 g/mol. The Balaban J connectivity index is 2.11. The summed E-state index contributed by atoms with van der Waals surface area (Å²) in [4.78, 5) is 2.35. The first-order valence-corrected chi connectivity index (χ1v) is 7.21. The van der Waals surface area contributed by atoms with E-state index >= 15 is 0 Å². The number of nitrogens with zero attached hydrogens (tertiary/aromatic N) is 1. The summed E-state index contributed by atoms with van der Waals surface area (Å²) in [6.45, 7) is 6.83. The van der Waals surface area contributed by atoms with Gasteiger partial charge in [-0.3, -0.25) is 4.90 Å². The maximum atomic E-state index is 6.02. The van der Waals surface area contributed by atoms with Crippen LogP contribution in [0.25, 0.3) is 0 Å². The van der Waals surface area contributed by atoms with E-state index in [1.807, 2.05) is 0 Å². The molecular weight excluding hydrogens is 236 g/mol. The van der Waals surface area contributed by atoms with Crippen LogP contribution in [0.1, 0.15) is 35.6 Å². The predicted molar refractivity (Wildman–Crippen MR) is 79.3 cm³/mol. The van der Waals surface area contributed by atoms with E-state index in [1.54, 1.807) is 0 Å². The first-order chi connectivity index (χ1) is 9.11. The largest absolute Gasteiger partial charge is 0.377 e. The molecule has 0 bridgehead atoms. The fraction of sp³-hybridized carbons (Fsp3) is 0.625. The van der Waals surface area contributed by atoms with Crippen molar-refractivity contribution in [2.45, 2.75) is 38.8 Å². The molecule has 106 valence electrons. The fourth-order valence-corrected chi connectivity index (χ4v) is 2.90. The van der Waals surface area contributed by atoms with Gasteiger partial charge in [-0.1, -0.05) is 23.8 Å². The fourth-order valence-electron chi connectivity index (χ4n) is 2.90. The Morgan fingerprint density at radius 3 is 2.84 bits per heavy atom. The Morgan fingerprint density at radius 1 is 1.42 bits per heavy atom. The Bertz CT molecular complexity index is 413. The lowest BCUT2D eigenvalue weighted by molar-refractivity contribution is 0.0688. The van der Waals surface area contributed by atoms with Crippen molar-refractivity contribution in [3.8, 4) is 0 Å². The summed E-state index contributed by atoms with van der Waals surface area (Å²) in [5.74, 6) is 0. The maximum Gasteiger partial charge on any atom is 0.0702 e. The minimum Gasteiger partial charge on any atom is -0.377 e. The smallest absolute Gasteiger partial charge is 0.0702 e. The summed E-state index contributed by atoms with van der Waals surface area (Å²) in [5.41, 5.74) is 9.98. The van der Waals surface area contributed by atoms with Gasteiger partial charge in [0.2, 0.25) is 0 Å². The van der Waals surface area contributed by atoms with Gasteiger partial charge < -0.3 is 10.5 Å². The number of hydrogen-bond donors (Lipinski definition) is 1. The molecule has 19 heavy (non-hydrogen) atoms. The second-order valence-electron chi connectivity index (χ2n) is 5.69. The zero-order valence-electron chi connectivity index (χ0n) is 12.4. The second kappa shape index (κ2) is 6.51. The zero-order chi connectivity index (χ0) is 13.8. The van der Waals surface area contributed by atoms with Gasteiger partial charge in [-0.15, -0.1) is 0 Å². The van der Waals surface area contributed by atoms with Gasteiger partial charge in [0.25, 0.3) is 0 Å². The number of rotatable bonds is 5. The molecule has 2 rings (SSSR count). The first kappa shape index (κ1) is 14.5. The van der Waals surface area contributed by atoms with Crippen molar-refractivity contribution < 1.29 is 4.74 Å². The summed E-state index contributed by atoms with van der Waals surface area (Å²) in [6.07, 6.45) is 2.74. The van der Waals surface area contributed by atoms with Crippen LogP contribution in [0.4, 0.5) is 0 Å². The molecule has 0 amide bonds. The van der Waals surface area contributed by atoms with Crippen LogP contribution in [0.15, 0.2) is 18.2 Å². The van der Waals surface area contributed by atoms with E-state index < -0.39 is 0 Å². The van der Waals surface area contributed by atoms with Crippen molar-refractivity contribution in [2.24, 2.45) is 5.73 Å². The van der Waals surface area contributed by atoms with E-state index in [1.165, 1.54) is 29.5 Å². The molecule has 1 saturated heterocycles. The molecule has 2 unspecified atom stereocenters. The van der Waals surface area contributed by atoms with Gasteiger partial charge in [0.05, 0.1) is 6.10 Å². The van der Waals surface area contributed by atoms with Crippen LogP contribution in [-0.2, 0) is 4.74 Å². The Hall–Kier alpha value is -0.900. The van der Waals surface area contributed by atoms with Crippen LogP contribution in [0.5, 0.6) is 0 Å². The Labute approximate surface area is 116 Å². The predicted octanol–water partition coefficient (Wildman–Crippen LogP) is 2.41. The van der Waals surface area contributed by atoms with Crippen LogP contribution in [-0.4, -0.2) is 37.7 Å². The van der Waals surface area contributed by atoms with Crippen molar-refractivity contribution >= 4 is 0 Å². The highest BCUT2D eigenvalue weighted by atomic mass is 16.5. The van der Waals surface area contributed by atoms with Crippen molar-refractivity contribution in [1.82, 2.24) is 4.90 Å². The molecule has 1 heterocycles. The summed E-state index contributed by atoms with van der Waals surface area (Å²) < 4.78 is 5.73. The topological polar surface area (TPSA) is 38.5 Å². The quantitative estimate of drug-likeness (QED) is 0.885. The second-order valence-corrected chi connectivity index (χ2v) is 5.69. The maximum absolute atomic E-state index is 6.02. The molecular formula is C16H26N2O. The summed E-state index contributed by atoms with van der Waals surface area (Å²) in [5, 5.41) is 0. The number of hydrogen-bond acceptors (Lipinski definition) is 3. The summed E-state index contributed by atoms with van der Waals surface area (Å²) in [7, 11) is 2.15. The van der Waals surface area contributed by atoms with Gasteiger partial charge >= 0.3 is 0 Å². The van der Waals surface area contributed by atoms with E-state index in [-0.39, 0.29) is 6.04 Å². The molecule has 0 spiro atoms. The number of likely N-dealkylation sites (N-methyl/N-ethyl adjacent to an activating group) is 1. The highest BCUT2D eigenvalue weighted by molar-refractivity contribution is 5.33. The van der Waals surface area contributed by atoms with Crippen molar-refractivity contribution in [3.05, 3.63) is 34.9 Å². The van der Waals surface area contributed by atoms with Gasteiger partial charge in [0.15, 0.2) is 0 Å². The number of aryl methyl sites for hydroxylation is 2. The molecule has 1 aromatic rings. The average molecular weight is 262 g/mol. The van der Waals surface area contributed by atoms with E-state index in [2.05, 4.69) is 44.0 Å². The lowest BCUT2D eigenvalue weighted by atomic mass is 9.97. The molecule has 2 atom stereocenters. The Morgan fingerprint density at radius 2 is 2.21 bits per heavy atom. The molecule has 3 heteroatoms. The van der Waals surface area contributed by atoms with Gasteiger partial charge in [-0.2, -0.15) is 0 Å². The minimum atomic E-state index is 0.282. The number of ether oxygens (including phenoxy) is 1. The third kappa shape index (κ3) is 3.56. The molecule has 0 saturated carbocycles. The van der Waals surface area contributed by atoms with Crippen LogP contribution in [0.2, 0.25) is 0 Å². The molecule has 0 aliphatic carbocycles. The van der Waals surface area contributed by atoms with E-state index in [4.69, 9.17) is 10.5 Å². The molecule has 1 aliphatic heterocycles. The van der Waals surface area contributed by atoms with E-state index in [0.29, 0.717) is 12.6 Å². The zero-order valence-corrected chi connectivity index (χ0v) is 12.4. The number of benzene rings is 1. The Kier molecular flexibility index (Phi) is 4.97. The van der Waals surface area contributed by atoms with Crippen molar-refractivity contribution in [1.29, 1.82) is 0 Å². The van der Waals surface area contributed by atoms with Crippen LogP contribution in [0.3, 0.4) is 0 Å². The standard InChI is InChI=1S/C16H26N2O/c1-12-6-7-13(2)15(9-12)16(10-17)18(3)11-14-5-4-8-19-14/h6-7,9,14,16H,4-5,8,10-11,17H2,1-3H3. The van der Waals surface area contributed by atoms with Crippen molar-refractivity contribution in [2.75, 3.05) is 26.7 Å². The lowest BCUT2D eigenvalue weighted by Gasteiger charge is -2.30. The van der Waals surface area contributed by atoms with Crippen LogP contribution < -0.4 is 5.73 Å². The average Bonchev–Trinajstić information content (AvgIpc) is 2.87. The summed E-state index contributed by atoms with van der Waals surface area (Å²) in [6, 6.07) is 6.89. The van der Waals surface area contributed by atoms with Gasteiger partial charge in [0.1, 0.15) is 0 Å². The molecule has 1 fully saturated rings. The van der Waals surface area contributed by atoms with Gasteiger partial charge in [0, 0.05) is 25.7 Å². The van der Waals surface area contributed by atoms with Gasteiger partial charge in [-0.05, 0) is 44.9 Å². The molecule has 0 aromatic heterocycles. The van der Waals surface area contributed by atoms with E-state index in [9.17, 15) is 0 Å². The highest BCUT2D eigenvalue weighted by Crippen LogP contribution is 2.25. The number of nitrogens with two attached hydrogens (primary N) is 1. The first-order valence-electron chi connectivity index (χ1n) is 7.21. The molecule has 3 nitrogen and oxygen atoms in total. The normalized spacial score (nSPS) is 21.0. The van der Waals surface area contributed by atoms with Gasteiger partial charge in [-0.25, -0.2) is 0 Å². The summed E-state index contributed by atoms with van der Waals surface area (Å²) >= 11 is 0.